The number of hydrogen-bond donors (Lipinski definition) is 0. The molecule has 0 aliphatic heterocycles. The first-order chi connectivity index (χ1) is 8.85. The zero-order valence-electron chi connectivity index (χ0n) is 10.2. The molecule has 0 bridgehead atoms. The van der Waals surface area contributed by atoms with Crippen LogP contribution in [0.15, 0.2) is 48.5 Å². The van der Waals surface area contributed by atoms with Crippen molar-refractivity contribution in [3.8, 4) is 11.5 Å². The lowest BCUT2D eigenvalue weighted by Gasteiger charge is -2.13. The van der Waals surface area contributed by atoms with Crippen molar-refractivity contribution in [1.29, 1.82) is 0 Å². The molecule has 0 amide bonds. The molecule has 0 aliphatic rings. The van der Waals surface area contributed by atoms with Crippen molar-refractivity contribution in [1.82, 2.24) is 0 Å². The Hall–Kier alpha value is -1.67. The van der Waals surface area contributed by atoms with E-state index in [9.17, 15) is 0 Å². The average Bonchev–Trinajstić information content (AvgIpc) is 2.45. The summed E-state index contributed by atoms with van der Waals surface area (Å²) in [6.07, 6.45) is 0. The standard InChI is InChI=1S/C15H15ClO2/c1-17-15-13(10-16)8-5-9-14(15)18-11-12-6-3-2-4-7-12/h2-9H,10-11H2,1H3. The van der Waals surface area contributed by atoms with E-state index in [4.69, 9.17) is 21.1 Å². The lowest BCUT2D eigenvalue weighted by atomic mass is 10.2. The first-order valence-corrected chi connectivity index (χ1v) is 6.27. The van der Waals surface area contributed by atoms with Crippen molar-refractivity contribution in [2.75, 3.05) is 7.11 Å². The number of ether oxygens (including phenoxy) is 2. The molecule has 0 radical (unpaired) electrons. The van der Waals surface area contributed by atoms with Gasteiger partial charge in [0.05, 0.1) is 13.0 Å². The van der Waals surface area contributed by atoms with E-state index in [1.165, 1.54) is 0 Å². The molecule has 0 aromatic heterocycles. The summed E-state index contributed by atoms with van der Waals surface area (Å²) in [5.41, 5.74) is 2.06. The van der Waals surface area contributed by atoms with Crippen LogP contribution in [0.2, 0.25) is 0 Å². The molecule has 0 aliphatic carbocycles. The predicted octanol–water partition coefficient (Wildman–Crippen LogP) is 4.01. The van der Waals surface area contributed by atoms with Crippen LogP contribution in [0.3, 0.4) is 0 Å². The van der Waals surface area contributed by atoms with Gasteiger partial charge in [0.2, 0.25) is 0 Å². The fourth-order valence-corrected chi connectivity index (χ4v) is 1.96. The van der Waals surface area contributed by atoms with E-state index in [1.54, 1.807) is 7.11 Å². The van der Waals surface area contributed by atoms with Gasteiger partial charge in [0.15, 0.2) is 11.5 Å². The first-order valence-electron chi connectivity index (χ1n) is 5.73. The van der Waals surface area contributed by atoms with Gasteiger partial charge in [-0.25, -0.2) is 0 Å². The van der Waals surface area contributed by atoms with Crippen LogP contribution in [-0.2, 0) is 12.5 Å². The Bertz CT molecular complexity index is 497. The van der Waals surface area contributed by atoms with Gasteiger partial charge in [-0.3, -0.25) is 0 Å². The summed E-state index contributed by atoms with van der Waals surface area (Å²) in [6.45, 7) is 0.517. The van der Waals surface area contributed by atoms with Crippen LogP contribution < -0.4 is 9.47 Å². The summed E-state index contributed by atoms with van der Waals surface area (Å²) in [5.74, 6) is 1.84. The second-order valence-corrected chi connectivity index (χ2v) is 4.12. The number of benzene rings is 2. The van der Waals surface area contributed by atoms with Gasteiger partial charge < -0.3 is 9.47 Å². The van der Waals surface area contributed by atoms with Gasteiger partial charge in [0, 0.05) is 5.56 Å². The Morgan fingerprint density at radius 2 is 1.78 bits per heavy atom. The minimum Gasteiger partial charge on any atom is -0.493 e. The molecule has 2 aromatic rings. The molecular formula is C15H15ClO2. The van der Waals surface area contributed by atoms with Crippen molar-refractivity contribution in [2.45, 2.75) is 12.5 Å². The Morgan fingerprint density at radius 3 is 2.44 bits per heavy atom. The maximum Gasteiger partial charge on any atom is 0.165 e. The number of alkyl halides is 1. The smallest absolute Gasteiger partial charge is 0.165 e. The fraction of sp³-hybridized carbons (Fsp3) is 0.200. The minimum absolute atomic E-state index is 0.408. The zero-order chi connectivity index (χ0) is 12.8. The number of methoxy groups -OCH3 is 1. The van der Waals surface area contributed by atoms with E-state index >= 15 is 0 Å². The molecule has 2 aromatic carbocycles. The van der Waals surface area contributed by atoms with E-state index in [0.29, 0.717) is 18.2 Å². The monoisotopic (exact) mass is 262 g/mol. The molecule has 0 spiro atoms. The van der Waals surface area contributed by atoms with Crippen molar-refractivity contribution in [2.24, 2.45) is 0 Å². The highest BCUT2D eigenvalue weighted by atomic mass is 35.5. The number of rotatable bonds is 5. The van der Waals surface area contributed by atoms with Gasteiger partial charge in [-0.05, 0) is 11.6 Å². The van der Waals surface area contributed by atoms with Gasteiger partial charge in [-0.1, -0.05) is 42.5 Å². The normalized spacial score (nSPS) is 10.1. The Balaban J connectivity index is 2.14. The molecule has 2 rings (SSSR count). The summed E-state index contributed by atoms with van der Waals surface area (Å²) < 4.78 is 11.1. The van der Waals surface area contributed by atoms with Crippen molar-refractivity contribution in [3.05, 3.63) is 59.7 Å². The second kappa shape index (κ2) is 6.31. The number of hydrogen-bond acceptors (Lipinski definition) is 2. The highest BCUT2D eigenvalue weighted by Gasteiger charge is 2.09. The van der Waals surface area contributed by atoms with Crippen molar-refractivity contribution >= 4 is 11.6 Å². The van der Waals surface area contributed by atoms with E-state index in [1.807, 2.05) is 48.5 Å². The van der Waals surface area contributed by atoms with E-state index in [0.717, 1.165) is 16.9 Å². The Labute approximate surface area is 112 Å². The molecule has 2 nitrogen and oxygen atoms in total. The number of para-hydroxylation sites is 1. The molecule has 3 heteroatoms. The van der Waals surface area contributed by atoms with Crippen LogP contribution in [0.1, 0.15) is 11.1 Å². The Kier molecular flexibility index (Phi) is 4.48. The van der Waals surface area contributed by atoms with Gasteiger partial charge in [-0.15, -0.1) is 11.6 Å². The minimum atomic E-state index is 0.408. The second-order valence-electron chi connectivity index (χ2n) is 3.86. The molecule has 0 saturated carbocycles. The van der Waals surface area contributed by atoms with Crippen LogP contribution in [0.25, 0.3) is 0 Å². The van der Waals surface area contributed by atoms with Crippen LogP contribution >= 0.6 is 11.6 Å². The highest BCUT2D eigenvalue weighted by Crippen LogP contribution is 2.32. The molecule has 0 heterocycles. The average molecular weight is 263 g/mol. The Morgan fingerprint density at radius 1 is 1.00 bits per heavy atom. The third kappa shape index (κ3) is 2.96. The lowest BCUT2D eigenvalue weighted by molar-refractivity contribution is 0.283. The maximum absolute atomic E-state index is 5.86. The van der Waals surface area contributed by atoms with Gasteiger partial charge in [-0.2, -0.15) is 0 Å². The summed E-state index contributed by atoms with van der Waals surface area (Å²) in [7, 11) is 1.63. The predicted molar refractivity (Wildman–Crippen MR) is 73.3 cm³/mol. The maximum atomic E-state index is 5.86. The van der Waals surface area contributed by atoms with Crippen LogP contribution in [0, 0.1) is 0 Å². The summed E-state index contributed by atoms with van der Waals surface area (Å²) in [5, 5.41) is 0. The van der Waals surface area contributed by atoms with Crippen LogP contribution in [0.4, 0.5) is 0 Å². The van der Waals surface area contributed by atoms with Crippen LogP contribution in [0.5, 0.6) is 11.5 Å². The lowest BCUT2D eigenvalue weighted by Crippen LogP contribution is -1.99. The SMILES string of the molecule is COc1c(CCl)cccc1OCc1ccccc1. The molecule has 0 N–H and O–H groups in total. The van der Waals surface area contributed by atoms with Gasteiger partial charge in [0.25, 0.3) is 0 Å². The molecule has 0 unspecified atom stereocenters. The van der Waals surface area contributed by atoms with Crippen LogP contribution in [-0.4, -0.2) is 7.11 Å². The molecule has 0 fully saturated rings. The van der Waals surface area contributed by atoms with Gasteiger partial charge >= 0.3 is 0 Å². The van der Waals surface area contributed by atoms with Gasteiger partial charge in [0.1, 0.15) is 6.61 Å². The molecular weight excluding hydrogens is 248 g/mol. The largest absolute Gasteiger partial charge is 0.493 e. The fourth-order valence-electron chi connectivity index (χ4n) is 1.75. The zero-order valence-corrected chi connectivity index (χ0v) is 11.0. The first kappa shape index (κ1) is 12.8. The van der Waals surface area contributed by atoms with E-state index in [-0.39, 0.29) is 0 Å². The third-order valence-electron chi connectivity index (χ3n) is 2.65. The van der Waals surface area contributed by atoms with Crippen molar-refractivity contribution in [3.63, 3.8) is 0 Å². The third-order valence-corrected chi connectivity index (χ3v) is 2.93. The van der Waals surface area contributed by atoms with E-state index in [2.05, 4.69) is 0 Å². The summed E-state index contributed by atoms with van der Waals surface area (Å²) in [4.78, 5) is 0. The molecule has 94 valence electrons. The molecule has 18 heavy (non-hydrogen) atoms. The summed E-state index contributed by atoms with van der Waals surface area (Å²) in [6, 6.07) is 15.8. The number of halogens is 1. The molecule has 0 atom stereocenters. The topological polar surface area (TPSA) is 18.5 Å². The summed E-state index contributed by atoms with van der Waals surface area (Å²) >= 11 is 5.86. The van der Waals surface area contributed by atoms with E-state index < -0.39 is 0 Å². The quantitative estimate of drug-likeness (QED) is 0.758. The molecule has 0 saturated heterocycles. The highest BCUT2D eigenvalue weighted by molar-refractivity contribution is 6.17. The van der Waals surface area contributed by atoms with Crippen molar-refractivity contribution < 1.29 is 9.47 Å².